The smallest absolute Gasteiger partial charge is 0.237 e. The summed E-state index contributed by atoms with van der Waals surface area (Å²) in [5, 5.41) is 2.99. The van der Waals surface area contributed by atoms with Crippen molar-refractivity contribution in [2.75, 3.05) is 19.6 Å². The van der Waals surface area contributed by atoms with Crippen LogP contribution >= 0.6 is 24.8 Å². The highest BCUT2D eigenvalue weighted by atomic mass is 35.5. The fourth-order valence-corrected chi connectivity index (χ4v) is 2.23. The zero-order valence-electron chi connectivity index (χ0n) is 13.6. The Hall–Kier alpha value is -0.810. The van der Waals surface area contributed by atoms with Crippen LogP contribution in [0.25, 0.3) is 0 Å². The minimum atomic E-state index is -0.489. The number of carbonyl (C=O) groups excluding carboxylic acids is 1. The molecule has 0 aromatic heterocycles. The number of hydrogen-bond donors (Lipinski definition) is 2. The van der Waals surface area contributed by atoms with E-state index in [-0.39, 0.29) is 36.8 Å². The van der Waals surface area contributed by atoms with Crippen LogP contribution in [0.1, 0.15) is 26.3 Å². The number of likely N-dealkylation sites (N-methyl/N-ethyl adjacent to an activating group) is 1. The van der Waals surface area contributed by atoms with Gasteiger partial charge in [0.05, 0.1) is 6.04 Å². The fourth-order valence-electron chi connectivity index (χ4n) is 2.23. The van der Waals surface area contributed by atoms with Crippen LogP contribution in [-0.4, -0.2) is 42.5 Å². The van der Waals surface area contributed by atoms with E-state index in [2.05, 4.69) is 24.1 Å². The van der Waals surface area contributed by atoms with Gasteiger partial charge >= 0.3 is 0 Å². The van der Waals surface area contributed by atoms with Gasteiger partial charge in [0, 0.05) is 12.6 Å². The molecule has 4 nitrogen and oxygen atoms in total. The lowest BCUT2D eigenvalue weighted by molar-refractivity contribution is -0.123. The van der Waals surface area contributed by atoms with Gasteiger partial charge in [-0.3, -0.25) is 4.79 Å². The maximum atomic E-state index is 12.1. The SMILES string of the molecule is CCN(CC)CC(C)NC(=O)C(N)Cc1ccccc1.Cl.Cl. The number of nitrogens with one attached hydrogen (secondary N) is 1. The summed E-state index contributed by atoms with van der Waals surface area (Å²) in [7, 11) is 0. The maximum absolute atomic E-state index is 12.1. The molecule has 1 rings (SSSR count). The van der Waals surface area contributed by atoms with Gasteiger partial charge in [-0.25, -0.2) is 0 Å². The van der Waals surface area contributed by atoms with Gasteiger partial charge in [0.2, 0.25) is 5.91 Å². The lowest BCUT2D eigenvalue weighted by Gasteiger charge is -2.24. The number of hydrogen-bond acceptors (Lipinski definition) is 3. The van der Waals surface area contributed by atoms with Crippen LogP contribution in [0.5, 0.6) is 0 Å². The summed E-state index contributed by atoms with van der Waals surface area (Å²) in [6.07, 6.45) is 0.574. The zero-order valence-corrected chi connectivity index (χ0v) is 15.3. The minimum Gasteiger partial charge on any atom is -0.351 e. The van der Waals surface area contributed by atoms with Gasteiger partial charge in [0.15, 0.2) is 0 Å². The van der Waals surface area contributed by atoms with Gasteiger partial charge in [0.1, 0.15) is 0 Å². The second-order valence-electron chi connectivity index (χ2n) is 5.19. The Morgan fingerprint density at radius 2 is 1.73 bits per heavy atom. The van der Waals surface area contributed by atoms with E-state index in [0.29, 0.717) is 6.42 Å². The van der Waals surface area contributed by atoms with E-state index in [9.17, 15) is 4.79 Å². The highest BCUT2D eigenvalue weighted by Crippen LogP contribution is 2.02. The molecule has 0 fully saturated rings. The van der Waals surface area contributed by atoms with Crippen LogP contribution < -0.4 is 11.1 Å². The van der Waals surface area contributed by atoms with E-state index in [0.717, 1.165) is 25.2 Å². The first-order chi connectivity index (χ1) is 9.56. The second kappa shape index (κ2) is 12.7. The third-order valence-electron chi connectivity index (χ3n) is 3.45. The van der Waals surface area contributed by atoms with E-state index in [1.54, 1.807) is 0 Å². The molecular formula is C16H29Cl2N3O. The Bertz CT molecular complexity index is 400. The van der Waals surface area contributed by atoms with Gasteiger partial charge in [-0.1, -0.05) is 44.2 Å². The normalized spacial score (nSPS) is 12.8. The first-order valence-corrected chi connectivity index (χ1v) is 7.39. The number of carbonyl (C=O) groups is 1. The molecule has 0 heterocycles. The summed E-state index contributed by atoms with van der Waals surface area (Å²) in [4.78, 5) is 14.3. The van der Waals surface area contributed by atoms with Crippen LogP contribution in [0.3, 0.4) is 0 Å². The minimum absolute atomic E-state index is 0. The molecule has 2 atom stereocenters. The predicted molar refractivity (Wildman–Crippen MR) is 98.0 cm³/mol. The van der Waals surface area contributed by atoms with E-state index in [1.807, 2.05) is 37.3 Å². The summed E-state index contributed by atoms with van der Waals surface area (Å²) in [6.45, 7) is 9.11. The summed E-state index contributed by atoms with van der Waals surface area (Å²) >= 11 is 0. The quantitative estimate of drug-likeness (QED) is 0.756. The van der Waals surface area contributed by atoms with Crippen molar-refractivity contribution >= 4 is 30.7 Å². The molecule has 0 radical (unpaired) electrons. The lowest BCUT2D eigenvalue weighted by atomic mass is 10.1. The number of nitrogens with two attached hydrogens (primary N) is 1. The number of halogens is 2. The first kappa shape index (κ1) is 23.5. The van der Waals surface area contributed by atoms with E-state index < -0.39 is 6.04 Å². The lowest BCUT2D eigenvalue weighted by Crippen LogP contribution is -2.49. The van der Waals surface area contributed by atoms with Crippen LogP contribution in [0, 0.1) is 0 Å². The molecule has 1 amide bonds. The van der Waals surface area contributed by atoms with Crippen molar-refractivity contribution in [1.82, 2.24) is 10.2 Å². The second-order valence-corrected chi connectivity index (χ2v) is 5.19. The number of nitrogens with zero attached hydrogens (tertiary/aromatic N) is 1. The molecule has 0 aliphatic carbocycles. The van der Waals surface area contributed by atoms with E-state index in [4.69, 9.17) is 5.73 Å². The molecule has 0 saturated heterocycles. The molecule has 1 aromatic rings. The average Bonchev–Trinajstić information content (AvgIpc) is 2.45. The summed E-state index contributed by atoms with van der Waals surface area (Å²) < 4.78 is 0. The monoisotopic (exact) mass is 349 g/mol. The Morgan fingerprint density at radius 3 is 2.23 bits per heavy atom. The van der Waals surface area contributed by atoms with Crippen LogP contribution in [-0.2, 0) is 11.2 Å². The van der Waals surface area contributed by atoms with Gasteiger partial charge in [-0.2, -0.15) is 0 Å². The molecule has 128 valence electrons. The van der Waals surface area contributed by atoms with Crippen LogP contribution in [0.2, 0.25) is 0 Å². The Kier molecular flexibility index (Phi) is 13.5. The summed E-state index contributed by atoms with van der Waals surface area (Å²) in [6, 6.07) is 9.49. The Balaban J connectivity index is 0. The van der Waals surface area contributed by atoms with Crippen LogP contribution in [0.15, 0.2) is 30.3 Å². The molecular weight excluding hydrogens is 321 g/mol. The van der Waals surface area contributed by atoms with E-state index in [1.165, 1.54) is 0 Å². The van der Waals surface area contributed by atoms with Crippen molar-refractivity contribution in [2.45, 2.75) is 39.3 Å². The van der Waals surface area contributed by atoms with Crippen molar-refractivity contribution in [3.63, 3.8) is 0 Å². The zero-order chi connectivity index (χ0) is 15.0. The van der Waals surface area contributed by atoms with Crippen molar-refractivity contribution < 1.29 is 4.79 Å². The number of benzene rings is 1. The van der Waals surface area contributed by atoms with Gasteiger partial charge < -0.3 is 16.0 Å². The van der Waals surface area contributed by atoms with Crippen molar-refractivity contribution in [3.8, 4) is 0 Å². The highest BCUT2D eigenvalue weighted by Gasteiger charge is 2.17. The van der Waals surface area contributed by atoms with Crippen LogP contribution in [0.4, 0.5) is 0 Å². The molecule has 6 heteroatoms. The van der Waals surface area contributed by atoms with E-state index >= 15 is 0 Å². The molecule has 0 spiro atoms. The molecule has 2 unspecified atom stereocenters. The maximum Gasteiger partial charge on any atom is 0.237 e. The molecule has 0 saturated carbocycles. The van der Waals surface area contributed by atoms with Gasteiger partial charge in [0.25, 0.3) is 0 Å². The Morgan fingerprint density at radius 1 is 1.18 bits per heavy atom. The molecule has 22 heavy (non-hydrogen) atoms. The third kappa shape index (κ3) is 8.59. The average molecular weight is 350 g/mol. The predicted octanol–water partition coefficient (Wildman–Crippen LogP) is 2.25. The Labute approximate surface area is 146 Å². The number of amides is 1. The standard InChI is InChI=1S/C16H27N3O.2ClH/c1-4-19(5-2)12-13(3)18-16(20)15(17)11-14-9-7-6-8-10-14;;/h6-10,13,15H,4-5,11-12,17H2,1-3H3,(H,18,20);2*1H. The topological polar surface area (TPSA) is 58.4 Å². The molecule has 0 aliphatic rings. The largest absolute Gasteiger partial charge is 0.351 e. The summed E-state index contributed by atoms with van der Waals surface area (Å²) in [5.41, 5.74) is 7.06. The molecule has 3 N–H and O–H groups in total. The van der Waals surface area contributed by atoms with Gasteiger partial charge in [-0.05, 0) is 32.0 Å². The van der Waals surface area contributed by atoms with Crippen molar-refractivity contribution in [1.29, 1.82) is 0 Å². The van der Waals surface area contributed by atoms with Crippen molar-refractivity contribution in [3.05, 3.63) is 35.9 Å². The highest BCUT2D eigenvalue weighted by molar-refractivity contribution is 5.85. The number of rotatable bonds is 8. The van der Waals surface area contributed by atoms with Gasteiger partial charge in [-0.15, -0.1) is 24.8 Å². The molecule has 0 aliphatic heterocycles. The third-order valence-corrected chi connectivity index (χ3v) is 3.45. The molecule has 1 aromatic carbocycles. The summed E-state index contributed by atoms with van der Waals surface area (Å²) in [5.74, 6) is -0.0755. The fraction of sp³-hybridized carbons (Fsp3) is 0.562. The molecule has 0 bridgehead atoms. The van der Waals surface area contributed by atoms with Crippen molar-refractivity contribution in [2.24, 2.45) is 5.73 Å². The first-order valence-electron chi connectivity index (χ1n) is 7.39.